The summed E-state index contributed by atoms with van der Waals surface area (Å²) in [6, 6.07) is 1.13. The molecular formula is C19H28N6O6. The molecule has 2 aliphatic heterocycles. The van der Waals surface area contributed by atoms with Crippen LogP contribution in [0, 0.1) is 0 Å². The van der Waals surface area contributed by atoms with Gasteiger partial charge in [-0.05, 0) is 19.8 Å². The summed E-state index contributed by atoms with van der Waals surface area (Å²) in [4.78, 5) is 42.5. The van der Waals surface area contributed by atoms with E-state index in [0.717, 1.165) is 25.9 Å². The SMILES string of the molecule is CC(=O)N[C@H]1COC2(CCN(Cc3cc(=O)n4[nH]cnc4n3)CC2)C[C@]1(C)O.O=CO. The van der Waals surface area contributed by atoms with Crippen LogP contribution >= 0.6 is 0 Å². The third kappa shape index (κ3) is 5.27. The van der Waals surface area contributed by atoms with Gasteiger partial charge in [0.1, 0.15) is 6.33 Å². The van der Waals surface area contributed by atoms with Gasteiger partial charge >= 0.3 is 0 Å². The Morgan fingerprint density at radius 2 is 2.13 bits per heavy atom. The number of fused-ring (bicyclic) bond motifs is 1. The van der Waals surface area contributed by atoms with Crippen molar-refractivity contribution in [2.45, 2.75) is 56.9 Å². The second kappa shape index (κ2) is 9.12. The molecule has 0 bridgehead atoms. The molecule has 2 aromatic heterocycles. The third-order valence-corrected chi connectivity index (χ3v) is 5.84. The number of carbonyl (C=O) groups excluding carboxylic acids is 1. The lowest BCUT2D eigenvalue weighted by molar-refractivity contribution is -0.189. The highest BCUT2D eigenvalue weighted by Crippen LogP contribution is 2.39. The molecule has 0 unspecified atom stereocenters. The average Bonchev–Trinajstić information content (AvgIpc) is 3.16. The Balaban J connectivity index is 0.000000858. The van der Waals surface area contributed by atoms with Gasteiger partial charge < -0.3 is 20.3 Å². The summed E-state index contributed by atoms with van der Waals surface area (Å²) in [5, 5.41) is 23.2. The number of carbonyl (C=O) groups is 2. The minimum absolute atomic E-state index is 0.170. The highest BCUT2D eigenvalue weighted by molar-refractivity contribution is 5.73. The summed E-state index contributed by atoms with van der Waals surface area (Å²) in [7, 11) is 0. The molecule has 1 spiro atoms. The standard InChI is InChI=1S/C18H26N6O4.CH2O2/c1-12(25)21-14-9-28-18(10-17(14,2)27)3-5-23(6-4-18)8-13-7-15(26)24-16(22-13)19-11-20-24;2-1-3/h7,11,14,27H,3-6,8-10H2,1-2H3,(H,21,25)(H,19,20,22);1H,(H,2,3)/t14-,17-;/m0./s1. The largest absolute Gasteiger partial charge is 0.483 e. The first kappa shape index (κ1) is 22.8. The molecule has 4 rings (SSSR count). The Bertz CT molecular complexity index is 978. The summed E-state index contributed by atoms with van der Waals surface area (Å²) in [6.07, 6.45) is 3.48. The van der Waals surface area contributed by atoms with Gasteiger partial charge in [0.2, 0.25) is 5.91 Å². The number of likely N-dealkylation sites (tertiary alicyclic amines) is 1. The van der Waals surface area contributed by atoms with Crippen LogP contribution in [-0.4, -0.2) is 84.0 Å². The van der Waals surface area contributed by atoms with Crippen LogP contribution in [0.1, 0.15) is 38.8 Å². The van der Waals surface area contributed by atoms with Gasteiger partial charge in [-0.2, -0.15) is 4.52 Å². The molecule has 4 heterocycles. The average molecular weight is 436 g/mol. The maximum absolute atomic E-state index is 12.1. The highest BCUT2D eigenvalue weighted by Gasteiger charge is 2.49. The third-order valence-electron chi connectivity index (χ3n) is 5.84. The molecule has 2 aromatic rings. The number of piperidine rings is 1. The Kier molecular flexibility index (Phi) is 6.72. The number of carboxylic acid groups (broad SMARTS) is 1. The van der Waals surface area contributed by atoms with Crippen molar-refractivity contribution in [2.24, 2.45) is 0 Å². The van der Waals surface area contributed by atoms with Crippen LogP contribution in [0.2, 0.25) is 0 Å². The number of aromatic amines is 1. The van der Waals surface area contributed by atoms with Crippen LogP contribution in [0.5, 0.6) is 0 Å². The maximum atomic E-state index is 12.1. The molecule has 2 atom stereocenters. The molecule has 4 N–H and O–H groups in total. The number of H-pyrrole nitrogens is 1. The molecular weight excluding hydrogens is 408 g/mol. The van der Waals surface area contributed by atoms with Gasteiger partial charge in [0.25, 0.3) is 17.8 Å². The number of aliphatic hydroxyl groups is 1. The first-order valence-electron chi connectivity index (χ1n) is 10.0. The first-order chi connectivity index (χ1) is 14.7. The number of nitrogens with one attached hydrogen (secondary N) is 2. The predicted octanol–water partition coefficient (Wildman–Crippen LogP) is -0.871. The molecule has 12 nitrogen and oxygen atoms in total. The fourth-order valence-corrected chi connectivity index (χ4v) is 4.33. The minimum atomic E-state index is -1.01. The molecule has 1 amide bonds. The molecule has 2 saturated heterocycles. The topological polar surface area (TPSA) is 162 Å². The normalized spacial score (nSPS) is 25.6. The van der Waals surface area contributed by atoms with Gasteiger partial charge in [-0.1, -0.05) is 0 Å². The molecule has 12 heteroatoms. The van der Waals surface area contributed by atoms with Crippen LogP contribution in [-0.2, 0) is 20.9 Å². The molecule has 0 radical (unpaired) electrons. The second-order valence-corrected chi connectivity index (χ2v) is 8.27. The van der Waals surface area contributed by atoms with Gasteiger partial charge in [0.15, 0.2) is 0 Å². The van der Waals surface area contributed by atoms with Gasteiger partial charge in [-0.25, -0.2) is 9.97 Å². The van der Waals surface area contributed by atoms with E-state index < -0.39 is 11.6 Å². The van der Waals surface area contributed by atoms with Crippen molar-refractivity contribution in [3.8, 4) is 0 Å². The predicted molar refractivity (Wildman–Crippen MR) is 108 cm³/mol. The van der Waals surface area contributed by atoms with Gasteiger partial charge in [0, 0.05) is 39.0 Å². The van der Waals surface area contributed by atoms with Crippen LogP contribution < -0.4 is 10.9 Å². The Labute approximate surface area is 178 Å². The lowest BCUT2D eigenvalue weighted by Crippen LogP contribution is -2.63. The van der Waals surface area contributed by atoms with Crippen molar-refractivity contribution < 1.29 is 24.5 Å². The maximum Gasteiger partial charge on any atom is 0.290 e. The van der Waals surface area contributed by atoms with E-state index >= 15 is 0 Å². The van der Waals surface area contributed by atoms with E-state index in [1.807, 2.05) is 0 Å². The highest BCUT2D eigenvalue weighted by atomic mass is 16.5. The van der Waals surface area contributed by atoms with Crippen molar-refractivity contribution in [3.05, 3.63) is 28.4 Å². The van der Waals surface area contributed by atoms with E-state index in [1.165, 1.54) is 23.8 Å². The number of rotatable bonds is 3. The first-order valence-corrected chi connectivity index (χ1v) is 10.0. The monoisotopic (exact) mass is 436 g/mol. The summed E-state index contributed by atoms with van der Waals surface area (Å²) >= 11 is 0. The molecule has 0 aromatic carbocycles. The van der Waals surface area contributed by atoms with E-state index in [2.05, 4.69) is 25.3 Å². The van der Waals surface area contributed by atoms with Crippen LogP contribution in [0.4, 0.5) is 0 Å². The number of hydrogen-bond donors (Lipinski definition) is 4. The summed E-state index contributed by atoms with van der Waals surface area (Å²) in [5.41, 5.74) is -0.876. The zero-order valence-electron chi connectivity index (χ0n) is 17.6. The summed E-state index contributed by atoms with van der Waals surface area (Å²) in [5.74, 6) is 0.198. The number of ether oxygens (including phenoxy) is 1. The fraction of sp³-hybridized carbons (Fsp3) is 0.632. The van der Waals surface area contributed by atoms with E-state index in [4.69, 9.17) is 14.6 Å². The summed E-state index contributed by atoms with van der Waals surface area (Å²) < 4.78 is 7.44. The summed E-state index contributed by atoms with van der Waals surface area (Å²) in [6.45, 7) is 5.39. The van der Waals surface area contributed by atoms with Crippen LogP contribution in [0.3, 0.4) is 0 Å². The number of amides is 1. The van der Waals surface area contributed by atoms with E-state index in [1.54, 1.807) is 6.92 Å². The molecule has 0 aliphatic carbocycles. The van der Waals surface area contributed by atoms with E-state index in [9.17, 15) is 14.7 Å². The molecule has 2 aliphatic rings. The van der Waals surface area contributed by atoms with Crippen molar-refractivity contribution in [1.29, 1.82) is 0 Å². The molecule has 31 heavy (non-hydrogen) atoms. The minimum Gasteiger partial charge on any atom is -0.483 e. The van der Waals surface area contributed by atoms with Crippen molar-refractivity contribution in [1.82, 2.24) is 29.8 Å². The second-order valence-electron chi connectivity index (χ2n) is 8.27. The van der Waals surface area contributed by atoms with Gasteiger partial charge in [-0.15, -0.1) is 0 Å². The Morgan fingerprint density at radius 1 is 1.45 bits per heavy atom. The smallest absolute Gasteiger partial charge is 0.290 e. The van der Waals surface area contributed by atoms with Crippen LogP contribution in [0.25, 0.3) is 5.78 Å². The number of hydrogen-bond acceptors (Lipinski definition) is 8. The fourth-order valence-electron chi connectivity index (χ4n) is 4.33. The lowest BCUT2D eigenvalue weighted by atomic mass is 9.75. The van der Waals surface area contributed by atoms with Crippen molar-refractivity contribution >= 4 is 18.2 Å². The van der Waals surface area contributed by atoms with Gasteiger partial charge in [-0.3, -0.25) is 24.4 Å². The van der Waals surface area contributed by atoms with Gasteiger partial charge in [0.05, 0.1) is 29.5 Å². The Hall–Kier alpha value is -2.83. The molecule has 0 saturated carbocycles. The van der Waals surface area contributed by atoms with Crippen molar-refractivity contribution in [2.75, 3.05) is 19.7 Å². The molecule has 170 valence electrons. The Morgan fingerprint density at radius 3 is 2.74 bits per heavy atom. The quantitative estimate of drug-likeness (QED) is 0.448. The zero-order chi connectivity index (χ0) is 22.6. The lowest BCUT2D eigenvalue weighted by Gasteiger charge is -2.51. The van der Waals surface area contributed by atoms with Crippen LogP contribution in [0.15, 0.2) is 17.2 Å². The molecule has 2 fully saturated rings. The number of nitrogens with zero attached hydrogens (tertiary/aromatic N) is 4. The zero-order valence-corrected chi connectivity index (χ0v) is 17.6. The number of aromatic nitrogens is 4. The van der Waals surface area contributed by atoms with E-state index in [-0.39, 0.29) is 23.5 Å². The van der Waals surface area contributed by atoms with Crippen molar-refractivity contribution in [3.63, 3.8) is 0 Å². The van der Waals surface area contributed by atoms with E-state index in [0.29, 0.717) is 31.0 Å².